The van der Waals surface area contributed by atoms with E-state index in [9.17, 15) is 0 Å². The molecule has 0 radical (unpaired) electrons. The monoisotopic (exact) mass is 347 g/mol. The number of nitrogens with two attached hydrogens (primary N) is 1. The Bertz CT molecular complexity index is 1070. The number of hydrogen-bond acceptors (Lipinski definition) is 4. The highest BCUT2D eigenvalue weighted by molar-refractivity contribution is 6.32. The number of imidazole rings is 1. The maximum Gasteiger partial charge on any atom is 0.221 e. The third-order valence-electron chi connectivity index (χ3n) is 3.81. The molecule has 0 aliphatic rings. The minimum Gasteiger partial charge on any atom is -0.368 e. The van der Waals surface area contributed by atoms with Gasteiger partial charge >= 0.3 is 0 Å². The number of fused-ring (bicyclic) bond motifs is 1. The molecule has 0 aliphatic carbocycles. The molecule has 0 unspecified atom stereocenters. The number of hydrogen-bond donors (Lipinski definition) is 1. The lowest BCUT2D eigenvalue weighted by Gasteiger charge is -2.01. The molecular formula is C19H14ClN5. The second-order valence-corrected chi connectivity index (χ2v) is 5.86. The van der Waals surface area contributed by atoms with Gasteiger partial charge in [-0.15, -0.1) is 0 Å². The third kappa shape index (κ3) is 3.09. The normalized spacial score (nSPS) is 11.4. The molecule has 0 saturated heterocycles. The molecule has 0 bridgehead atoms. The molecule has 4 rings (SSSR count). The van der Waals surface area contributed by atoms with Gasteiger partial charge in [0, 0.05) is 16.5 Å². The summed E-state index contributed by atoms with van der Waals surface area (Å²) in [4.78, 5) is 8.73. The Hall–Kier alpha value is -3.18. The summed E-state index contributed by atoms with van der Waals surface area (Å²) in [6.45, 7) is 0. The fourth-order valence-corrected chi connectivity index (χ4v) is 2.74. The molecule has 2 aromatic heterocycles. The van der Waals surface area contributed by atoms with Gasteiger partial charge in [0.2, 0.25) is 5.95 Å². The van der Waals surface area contributed by atoms with Crippen molar-refractivity contribution in [2.45, 2.75) is 0 Å². The summed E-state index contributed by atoms with van der Waals surface area (Å²) in [5.74, 6) is 0.306. The lowest BCUT2D eigenvalue weighted by atomic mass is 10.2. The molecular weight excluding hydrogens is 334 g/mol. The quantitative estimate of drug-likeness (QED) is 0.445. The number of benzene rings is 2. The van der Waals surface area contributed by atoms with Gasteiger partial charge < -0.3 is 5.73 Å². The van der Waals surface area contributed by atoms with Crippen LogP contribution in [-0.4, -0.2) is 20.9 Å². The first-order valence-corrected chi connectivity index (χ1v) is 8.08. The van der Waals surface area contributed by atoms with Gasteiger partial charge in [-0.05, 0) is 12.1 Å². The number of aromatic nitrogens is 3. The van der Waals surface area contributed by atoms with Crippen molar-refractivity contribution in [1.82, 2.24) is 14.6 Å². The Morgan fingerprint density at radius 1 is 1.00 bits per heavy atom. The summed E-state index contributed by atoms with van der Waals surface area (Å²) in [5, 5.41) is 5.76. The van der Waals surface area contributed by atoms with Crippen LogP contribution in [0, 0.1) is 0 Å². The van der Waals surface area contributed by atoms with Gasteiger partial charge in [-0.3, -0.25) is 0 Å². The van der Waals surface area contributed by atoms with E-state index in [0.29, 0.717) is 11.1 Å². The minimum atomic E-state index is 0.306. The van der Waals surface area contributed by atoms with Crippen molar-refractivity contribution in [3.63, 3.8) is 0 Å². The van der Waals surface area contributed by atoms with Crippen LogP contribution in [0.5, 0.6) is 0 Å². The lowest BCUT2D eigenvalue weighted by Crippen LogP contribution is -1.97. The second-order valence-electron chi connectivity index (χ2n) is 5.50. The van der Waals surface area contributed by atoms with Gasteiger partial charge in [-0.1, -0.05) is 60.1 Å². The number of pyridine rings is 1. The van der Waals surface area contributed by atoms with Crippen LogP contribution in [0.3, 0.4) is 0 Å². The number of halogens is 1. The van der Waals surface area contributed by atoms with Crippen molar-refractivity contribution < 1.29 is 0 Å². The Morgan fingerprint density at radius 3 is 2.60 bits per heavy atom. The molecule has 2 N–H and O–H groups in total. The summed E-state index contributed by atoms with van der Waals surface area (Å²) >= 11 is 6.25. The van der Waals surface area contributed by atoms with E-state index >= 15 is 0 Å². The van der Waals surface area contributed by atoms with Crippen molar-refractivity contribution >= 4 is 34.7 Å². The first-order valence-electron chi connectivity index (χ1n) is 7.70. The zero-order chi connectivity index (χ0) is 17.2. The predicted octanol–water partition coefficient (Wildman–Crippen LogP) is 4.22. The number of anilines is 1. The topological polar surface area (TPSA) is 69.1 Å². The van der Waals surface area contributed by atoms with E-state index in [4.69, 9.17) is 17.3 Å². The van der Waals surface area contributed by atoms with Crippen molar-refractivity contribution in [3.05, 3.63) is 77.6 Å². The predicted molar refractivity (Wildman–Crippen MR) is 102 cm³/mol. The Labute approximate surface area is 149 Å². The number of rotatable bonds is 3. The van der Waals surface area contributed by atoms with Crippen LogP contribution in [0.15, 0.2) is 72.0 Å². The van der Waals surface area contributed by atoms with E-state index in [1.54, 1.807) is 12.4 Å². The zero-order valence-electron chi connectivity index (χ0n) is 13.2. The Balaban J connectivity index is 1.68. The SMILES string of the molecule is Nc1nc(-c2ccccc2)cn1/N=C/c1cc2ccccc2nc1Cl. The Kier molecular flexibility index (Phi) is 3.91. The minimum absolute atomic E-state index is 0.306. The van der Waals surface area contributed by atoms with Gasteiger partial charge in [0.15, 0.2) is 0 Å². The number of nitrogens with zero attached hydrogens (tertiary/aromatic N) is 4. The van der Waals surface area contributed by atoms with Crippen molar-refractivity contribution in [3.8, 4) is 11.3 Å². The molecule has 0 spiro atoms. The molecule has 6 heteroatoms. The van der Waals surface area contributed by atoms with Gasteiger partial charge in [0.25, 0.3) is 0 Å². The van der Waals surface area contributed by atoms with E-state index in [1.165, 1.54) is 4.68 Å². The van der Waals surface area contributed by atoms with Crippen LogP contribution in [0.25, 0.3) is 22.2 Å². The molecule has 0 saturated carbocycles. The molecule has 0 aliphatic heterocycles. The third-order valence-corrected chi connectivity index (χ3v) is 4.11. The summed E-state index contributed by atoms with van der Waals surface area (Å²) in [5.41, 5.74) is 9.27. The molecule has 0 amide bonds. The summed E-state index contributed by atoms with van der Waals surface area (Å²) in [6.07, 6.45) is 3.41. The molecule has 5 nitrogen and oxygen atoms in total. The van der Waals surface area contributed by atoms with Crippen molar-refractivity contribution in [1.29, 1.82) is 0 Å². The maximum atomic E-state index is 6.25. The summed E-state index contributed by atoms with van der Waals surface area (Å²) < 4.78 is 1.52. The fraction of sp³-hybridized carbons (Fsp3) is 0. The van der Waals surface area contributed by atoms with Gasteiger partial charge in [-0.25, -0.2) is 14.6 Å². The smallest absolute Gasteiger partial charge is 0.221 e. The first-order chi connectivity index (χ1) is 12.2. The highest BCUT2D eigenvalue weighted by Crippen LogP contribution is 2.21. The fourth-order valence-electron chi connectivity index (χ4n) is 2.55. The van der Waals surface area contributed by atoms with Crippen LogP contribution in [0.4, 0.5) is 5.95 Å². The molecule has 4 aromatic rings. The summed E-state index contributed by atoms with van der Waals surface area (Å²) in [7, 11) is 0. The zero-order valence-corrected chi connectivity index (χ0v) is 13.9. The molecule has 2 heterocycles. The Morgan fingerprint density at radius 2 is 1.76 bits per heavy atom. The van der Waals surface area contributed by atoms with Crippen LogP contribution in [0.1, 0.15) is 5.56 Å². The van der Waals surface area contributed by atoms with Crippen LogP contribution in [-0.2, 0) is 0 Å². The highest BCUT2D eigenvalue weighted by Gasteiger charge is 2.07. The van der Waals surface area contributed by atoms with E-state index < -0.39 is 0 Å². The largest absolute Gasteiger partial charge is 0.368 e. The average Bonchev–Trinajstić information content (AvgIpc) is 3.01. The molecule has 0 fully saturated rings. The average molecular weight is 348 g/mol. The summed E-state index contributed by atoms with van der Waals surface area (Å²) in [6, 6.07) is 19.5. The van der Waals surface area contributed by atoms with E-state index in [1.807, 2.05) is 60.7 Å². The molecule has 25 heavy (non-hydrogen) atoms. The molecule has 0 atom stereocenters. The first kappa shape index (κ1) is 15.4. The maximum absolute atomic E-state index is 6.25. The van der Waals surface area contributed by atoms with E-state index in [0.717, 1.165) is 27.7 Å². The lowest BCUT2D eigenvalue weighted by molar-refractivity contribution is 0.898. The van der Waals surface area contributed by atoms with Gasteiger partial charge in [0.05, 0.1) is 23.6 Å². The molecule has 2 aromatic carbocycles. The van der Waals surface area contributed by atoms with E-state index in [-0.39, 0.29) is 0 Å². The molecule has 122 valence electrons. The van der Waals surface area contributed by atoms with Crippen LogP contribution < -0.4 is 5.73 Å². The number of nitrogen functional groups attached to an aromatic ring is 1. The van der Waals surface area contributed by atoms with Crippen molar-refractivity contribution in [2.24, 2.45) is 5.10 Å². The van der Waals surface area contributed by atoms with E-state index in [2.05, 4.69) is 15.1 Å². The van der Waals surface area contributed by atoms with Crippen LogP contribution >= 0.6 is 11.6 Å². The van der Waals surface area contributed by atoms with Gasteiger partial charge in [-0.2, -0.15) is 5.10 Å². The number of para-hydroxylation sites is 1. The van der Waals surface area contributed by atoms with Crippen LogP contribution in [0.2, 0.25) is 5.15 Å². The van der Waals surface area contributed by atoms with Gasteiger partial charge in [0.1, 0.15) is 5.15 Å². The standard InChI is InChI=1S/C19H14ClN5/c20-18-15(10-14-8-4-5-9-16(14)23-18)11-22-25-12-17(24-19(25)21)13-6-2-1-3-7-13/h1-12H,(H2,21,24)/b22-11+. The second kappa shape index (κ2) is 6.37. The van der Waals surface area contributed by atoms with Crippen molar-refractivity contribution in [2.75, 3.05) is 5.73 Å². The highest BCUT2D eigenvalue weighted by atomic mass is 35.5.